The summed E-state index contributed by atoms with van der Waals surface area (Å²) in [5, 5.41) is 17.0. The molecule has 0 aliphatic carbocycles. The number of hydrogen-bond acceptors (Lipinski definition) is 9. The Labute approximate surface area is 83.0 Å². The molecule has 0 saturated heterocycles. The van der Waals surface area contributed by atoms with Gasteiger partial charge in [-0.15, -0.1) is 0 Å². The Morgan fingerprint density at radius 2 is 2.00 bits per heavy atom. The van der Waals surface area contributed by atoms with Crippen molar-refractivity contribution in [3.63, 3.8) is 0 Å². The fourth-order valence-electron chi connectivity index (χ4n) is 0.362. The summed E-state index contributed by atoms with van der Waals surface area (Å²) in [6.45, 7) is -1.34. The molecule has 1 atom stereocenters. The summed E-state index contributed by atoms with van der Waals surface area (Å²) in [6.07, 6.45) is -4.40. The lowest BCUT2D eigenvalue weighted by atomic mass is 10.4. The number of carbonyl (C=O) groups excluding carboxylic acids is 3. The van der Waals surface area contributed by atoms with E-state index in [1.165, 1.54) is 0 Å². The quantitative estimate of drug-likeness (QED) is 0.193. The van der Waals surface area contributed by atoms with E-state index in [1.54, 1.807) is 0 Å². The van der Waals surface area contributed by atoms with E-state index in [0.29, 0.717) is 0 Å². The van der Waals surface area contributed by atoms with Crippen LogP contribution in [0, 0.1) is 0 Å². The average Bonchev–Trinajstić information content (AvgIpc) is 2.17. The molecule has 0 aromatic rings. The molecular formula is C6H8O9. The van der Waals surface area contributed by atoms with E-state index in [-0.39, 0.29) is 6.47 Å². The maximum Gasteiger partial charge on any atom is 0.550 e. The summed E-state index contributed by atoms with van der Waals surface area (Å²) in [6, 6.07) is 0. The molecule has 0 aromatic carbocycles. The minimum Gasteiger partial charge on any atom is -0.394 e. The summed E-state index contributed by atoms with van der Waals surface area (Å²) >= 11 is 0. The van der Waals surface area contributed by atoms with E-state index >= 15 is 0 Å². The molecule has 0 amide bonds. The third-order valence-electron chi connectivity index (χ3n) is 0.909. The average molecular weight is 224 g/mol. The van der Waals surface area contributed by atoms with Gasteiger partial charge in [0.15, 0.2) is 0 Å². The zero-order chi connectivity index (χ0) is 11.7. The first-order valence-electron chi connectivity index (χ1n) is 3.54. The van der Waals surface area contributed by atoms with Crippen LogP contribution in [0.1, 0.15) is 0 Å². The summed E-state index contributed by atoms with van der Waals surface area (Å²) in [5.74, 6) is 0. The van der Waals surface area contributed by atoms with Gasteiger partial charge in [0.1, 0.15) is 12.7 Å². The van der Waals surface area contributed by atoms with Crippen LogP contribution in [0.4, 0.5) is 9.59 Å². The van der Waals surface area contributed by atoms with Gasteiger partial charge in [0.05, 0.1) is 6.61 Å². The lowest BCUT2D eigenvalue weighted by molar-refractivity contribution is -0.265. The Morgan fingerprint density at radius 1 is 1.33 bits per heavy atom. The van der Waals surface area contributed by atoms with Crippen molar-refractivity contribution < 1.29 is 43.8 Å². The highest BCUT2D eigenvalue weighted by Gasteiger charge is 2.14. The molecule has 1 unspecified atom stereocenters. The van der Waals surface area contributed by atoms with Crippen molar-refractivity contribution >= 4 is 18.8 Å². The summed E-state index contributed by atoms with van der Waals surface area (Å²) < 4.78 is 7.26. The van der Waals surface area contributed by atoms with Gasteiger partial charge in [0.25, 0.3) is 0 Å². The summed E-state index contributed by atoms with van der Waals surface area (Å²) in [4.78, 5) is 38.2. The number of ether oxygens (including phenoxy) is 2. The molecule has 0 radical (unpaired) electrons. The molecule has 0 fully saturated rings. The normalized spacial score (nSPS) is 11.3. The Kier molecular flexibility index (Phi) is 6.80. The van der Waals surface area contributed by atoms with Crippen LogP contribution in [0.5, 0.6) is 0 Å². The molecule has 0 aromatic heterocycles. The van der Waals surface area contributed by atoms with Crippen molar-refractivity contribution in [2.45, 2.75) is 6.10 Å². The molecule has 0 aliphatic heterocycles. The van der Waals surface area contributed by atoms with Crippen LogP contribution in [0.2, 0.25) is 0 Å². The zero-order valence-corrected chi connectivity index (χ0v) is 7.32. The highest BCUT2D eigenvalue weighted by Crippen LogP contribution is 1.92. The second-order valence-corrected chi connectivity index (χ2v) is 2.02. The predicted molar refractivity (Wildman–Crippen MR) is 39.2 cm³/mol. The Bertz CT molecular complexity index is 225. The van der Waals surface area contributed by atoms with E-state index in [1.807, 2.05) is 0 Å². The van der Waals surface area contributed by atoms with Crippen molar-refractivity contribution in [3.8, 4) is 0 Å². The second kappa shape index (κ2) is 7.67. The molecule has 0 saturated carbocycles. The smallest absolute Gasteiger partial charge is 0.394 e. The third kappa shape index (κ3) is 7.37. The molecule has 0 spiro atoms. The molecule has 0 aliphatic rings. The van der Waals surface area contributed by atoms with Crippen LogP contribution in [-0.2, 0) is 24.0 Å². The van der Waals surface area contributed by atoms with Crippen LogP contribution >= 0.6 is 0 Å². The van der Waals surface area contributed by atoms with Crippen molar-refractivity contribution in [1.29, 1.82) is 0 Å². The SMILES string of the molecule is O=COC(=O)OC(=O)OOCC(O)CO. The maximum atomic E-state index is 10.5. The van der Waals surface area contributed by atoms with Crippen LogP contribution in [0.3, 0.4) is 0 Å². The van der Waals surface area contributed by atoms with E-state index in [4.69, 9.17) is 10.2 Å². The molecular weight excluding hydrogens is 216 g/mol. The number of aliphatic hydroxyl groups is 2. The molecule has 86 valence electrons. The molecule has 9 heteroatoms. The minimum atomic E-state index is -1.58. The van der Waals surface area contributed by atoms with Gasteiger partial charge < -0.3 is 19.7 Å². The number of rotatable bonds is 5. The monoisotopic (exact) mass is 224 g/mol. The largest absolute Gasteiger partial charge is 0.550 e. The lowest BCUT2D eigenvalue weighted by Crippen LogP contribution is -2.22. The highest BCUT2D eigenvalue weighted by atomic mass is 17.2. The van der Waals surface area contributed by atoms with Crippen molar-refractivity contribution in [1.82, 2.24) is 0 Å². The highest BCUT2D eigenvalue weighted by molar-refractivity contribution is 5.80. The first kappa shape index (κ1) is 13.3. The number of aliphatic hydroxyl groups excluding tert-OH is 2. The topological polar surface area (TPSA) is 129 Å². The van der Waals surface area contributed by atoms with Crippen LogP contribution in [-0.4, -0.2) is 48.3 Å². The van der Waals surface area contributed by atoms with E-state index in [2.05, 4.69) is 19.2 Å². The molecule has 2 N–H and O–H groups in total. The van der Waals surface area contributed by atoms with Crippen molar-refractivity contribution in [2.24, 2.45) is 0 Å². The third-order valence-corrected chi connectivity index (χ3v) is 0.909. The first-order valence-corrected chi connectivity index (χ1v) is 3.54. The predicted octanol–water partition coefficient (Wildman–Crippen LogP) is -1.28. The van der Waals surface area contributed by atoms with E-state index in [9.17, 15) is 14.4 Å². The van der Waals surface area contributed by atoms with Gasteiger partial charge in [-0.1, -0.05) is 0 Å². The second-order valence-electron chi connectivity index (χ2n) is 2.02. The minimum absolute atomic E-state index is 0.244. The molecule has 15 heavy (non-hydrogen) atoms. The number of hydrogen-bond donors (Lipinski definition) is 2. The molecule has 9 nitrogen and oxygen atoms in total. The molecule has 0 bridgehead atoms. The van der Waals surface area contributed by atoms with Gasteiger partial charge in [0.2, 0.25) is 0 Å². The van der Waals surface area contributed by atoms with E-state index in [0.717, 1.165) is 0 Å². The maximum absolute atomic E-state index is 10.5. The fourth-order valence-corrected chi connectivity index (χ4v) is 0.362. The van der Waals surface area contributed by atoms with Gasteiger partial charge in [-0.05, 0) is 0 Å². The first-order chi connectivity index (χ1) is 7.10. The van der Waals surface area contributed by atoms with Crippen molar-refractivity contribution in [3.05, 3.63) is 0 Å². The van der Waals surface area contributed by atoms with Crippen LogP contribution in [0.25, 0.3) is 0 Å². The fraction of sp³-hybridized carbons (Fsp3) is 0.500. The Hall–Kier alpha value is -1.71. The lowest BCUT2D eigenvalue weighted by Gasteiger charge is -2.05. The summed E-state index contributed by atoms with van der Waals surface area (Å²) in [7, 11) is 0. The number of carbonyl (C=O) groups is 3. The molecule has 0 rings (SSSR count). The van der Waals surface area contributed by atoms with Crippen LogP contribution in [0.15, 0.2) is 0 Å². The van der Waals surface area contributed by atoms with Crippen LogP contribution < -0.4 is 0 Å². The van der Waals surface area contributed by atoms with Gasteiger partial charge in [-0.2, -0.15) is 4.89 Å². The molecule has 0 heterocycles. The Balaban J connectivity index is 3.57. The van der Waals surface area contributed by atoms with Gasteiger partial charge in [-0.25, -0.2) is 9.59 Å². The summed E-state index contributed by atoms with van der Waals surface area (Å²) in [5.41, 5.74) is 0. The zero-order valence-electron chi connectivity index (χ0n) is 7.32. The van der Waals surface area contributed by atoms with Gasteiger partial charge >= 0.3 is 18.8 Å². The standard InChI is InChI=1S/C6H8O9/c7-1-4(9)2-13-15-6(11)14-5(10)12-3-8/h3-4,7,9H,1-2H2. The van der Waals surface area contributed by atoms with Gasteiger partial charge in [-0.3, -0.25) is 9.68 Å². The van der Waals surface area contributed by atoms with E-state index < -0.39 is 31.6 Å². The Morgan fingerprint density at radius 3 is 2.53 bits per heavy atom. The van der Waals surface area contributed by atoms with Gasteiger partial charge in [0, 0.05) is 0 Å². The van der Waals surface area contributed by atoms with Crippen molar-refractivity contribution in [2.75, 3.05) is 13.2 Å².